The van der Waals surface area contributed by atoms with Crippen LogP contribution in [-0.2, 0) is 0 Å². The van der Waals surface area contributed by atoms with Crippen molar-refractivity contribution in [1.29, 1.82) is 0 Å². The quantitative estimate of drug-likeness (QED) is 0.540. The highest BCUT2D eigenvalue weighted by molar-refractivity contribution is 5.79. The number of hydrogen-bond acceptors (Lipinski definition) is 6. The molecule has 0 unspecified atom stereocenters. The summed E-state index contributed by atoms with van der Waals surface area (Å²) in [5, 5.41) is 9.34. The van der Waals surface area contributed by atoms with E-state index in [2.05, 4.69) is 15.0 Å². The van der Waals surface area contributed by atoms with E-state index in [0.29, 0.717) is 11.2 Å². The third-order valence-corrected chi connectivity index (χ3v) is 7.89. The van der Waals surface area contributed by atoms with Crippen LogP contribution in [0, 0.1) is 12.3 Å². The molecule has 1 saturated carbocycles. The molecule has 2 saturated heterocycles. The first kappa shape index (κ1) is 22.2. The van der Waals surface area contributed by atoms with Gasteiger partial charge in [-0.15, -0.1) is 5.10 Å². The molecule has 6 rings (SSSR count). The van der Waals surface area contributed by atoms with Crippen LogP contribution in [0.5, 0.6) is 0 Å². The summed E-state index contributed by atoms with van der Waals surface area (Å²) in [4.78, 5) is 10.5. The molecule has 7 nitrogen and oxygen atoms in total. The predicted octanol–water partition coefficient (Wildman–Crippen LogP) is 4.84. The topological polar surface area (TPSA) is 76.1 Å². The molecule has 1 aromatic carbocycles. The van der Waals surface area contributed by atoms with Gasteiger partial charge in [0, 0.05) is 67.7 Å². The van der Waals surface area contributed by atoms with E-state index in [1.807, 2.05) is 42.2 Å². The third kappa shape index (κ3) is 4.44. The predicted molar refractivity (Wildman–Crippen MR) is 133 cm³/mol. The number of rotatable bonds is 4. The summed E-state index contributed by atoms with van der Waals surface area (Å²) >= 11 is 0. The molecular weight excluding hydrogens is 448 g/mol. The van der Waals surface area contributed by atoms with Crippen LogP contribution < -0.4 is 15.5 Å². The van der Waals surface area contributed by atoms with E-state index >= 15 is 0 Å². The van der Waals surface area contributed by atoms with Crippen LogP contribution >= 0.6 is 0 Å². The van der Waals surface area contributed by atoms with E-state index in [1.165, 1.54) is 25.7 Å². The molecule has 9 heteroatoms. The van der Waals surface area contributed by atoms with Crippen LogP contribution in [0.3, 0.4) is 0 Å². The highest BCUT2D eigenvalue weighted by atomic mass is 19.3. The van der Waals surface area contributed by atoms with E-state index in [0.717, 1.165) is 47.1 Å². The zero-order chi connectivity index (χ0) is 24.2. The minimum atomic E-state index is -2.59. The zero-order valence-electron chi connectivity index (χ0n) is 20.1. The number of nitrogen functional groups attached to an aromatic ring is 1. The van der Waals surface area contributed by atoms with Crippen molar-refractivity contribution in [2.24, 2.45) is 5.41 Å². The van der Waals surface area contributed by atoms with Gasteiger partial charge < -0.3 is 15.5 Å². The summed E-state index contributed by atoms with van der Waals surface area (Å²) in [6.07, 6.45) is 6.67. The fourth-order valence-electron chi connectivity index (χ4n) is 5.41. The van der Waals surface area contributed by atoms with E-state index in [1.54, 1.807) is 11.0 Å². The summed E-state index contributed by atoms with van der Waals surface area (Å²) in [6, 6.07) is 9.77. The van der Waals surface area contributed by atoms with Crippen molar-refractivity contribution in [3.63, 3.8) is 0 Å². The van der Waals surface area contributed by atoms with Gasteiger partial charge in [-0.1, -0.05) is 0 Å². The molecule has 3 aliphatic rings. The Morgan fingerprint density at radius 1 is 0.886 bits per heavy atom. The maximum atomic E-state index is 13.6. The Morgan fingerprint density at radius 3 is 2.31 bits per heavy atom. The number of anilines is 3. The van der Waals surface area contributed by atoms with Crippen molar-refractivity contribution in [2.75, 3.05) is 41.7 Å². The van der Waals surface area contributed by atoms with Crippen LogP contribution in [0.15, 0.2) is 36.5 Å². The van der Waals surface area contributed by atoms with Crippen molar-refractivity contribution >= 4 is 17.2 Å². The fraction of sp³-hybridized carbons (Fsp3) is 0.500. The molecule has 2 aromatic heterocycles. The SMILES string of the molecule is Cc1cc(-n2ncc(-c3ccc(N)cc3N3CCC4(CC3)CC4)n2)cc(N2CCC(F)(F)CC2)n1. The second-order valence-corrected chi connectivity index (χ2v) is 10.5. The minimum absolute atomic E-state index is 0.153. The molecule has 3 aromatic rings. The van der Waals surface area contributed by atoms with E-state index in [4.69, 9.17) is 10.8 Å². The second-order valence-electron chi connectivity index (χ2n) is 10.5. The lowest BCUT2D eigenvalue weighted by Crippen LogP contribution is -2.39. The number of halogens is 2. The summed E-state index contributed by atoms with van der Waals surface area (Å²) in [5.41, 5.74) is 12.0. The molecular formula is C26H31F2N7. The van der Waals surface area contributed by atoms with Crippen molar-refractivity contribution < 1.29 is 8.78 Å². The van der Waals surface area contributed by atoms with E-state index in [9.17, 15) is 8.78 Å². The van der Waals surface area contributed by atoms with Gasteiger partial charge in [-0.05, 0) is 62.3 Å². The molecule has 2 aliphatic heterocycles. The van der Waals surface area contributed by atoms with Crippen molar-refractivity contribution in [1.82, 2.24) is 20.0 Å². The highest BCUT2D eigenvalue weighted by Gasteiger charge is 2.44. The first-order chi connectivity index (χ1) is 16.8. The van der Waals surface area contributed by atoms with E-state index in [-0.39, 0.29) is 25.9 Å². The van der Waals surface area contributed by atoms with Gasteiger partial charge in [0.1, 0.15) is 11.5 Å². The van der Waals surface area contributed by atoms with Gasteiger partial charge in [0.05, 0.1) is 11.9 Å². The number of hydrogen-bond donors (Lipinski definition) is 1. The molecule has 35 heavy (non-hydrogen) atoms. The molecule has 2 N–H and O–H groups in total. The first-order valence-corrected chi connectivity index (χ1v) is 12.5. The largest absolute Gasteiger partial charge is 0.399 e. The number of piperidine rings is 2. The molecule has 184 valence electrons. The molecule has 0 amide bonds. The lowest BCUT2D eigenvalue weighted by Gasteiger charge is -2.35. The van der Waals surface area contributed by atoms with Crippen LogP contribution in [0.4, 0.5) is 26.0 Å². The summed E-state index contributed by atoms with van der Waals surface area (Å²) in [7, 11) is 0. The van der Waals surface area contributed by atoms with Gasteiger partial charge in [-0.25, -0.2) is 13.8 Å². The van der Waals surface area contributed by atoms with Gasteiger partial charge in [-0.3, -0.25) is 0 Å². The standard InChI is InChI=1S/C26H31F2N7/c1-18-14-20(16-24(31-18)34-12-8-26(27,28)9-13-34)35-30-17-22(32-35)21-3-2-19(29)15-23(21)33-10-6-25(4-5-25)7-11-33/h2-3,14-17H,4-13,29H2,1H3. The zero-order valence-corrected chi connectivity index (χ0v) is 20.1. The number of pyridine rings is 1. The van der Waals surface area contributed by atoms with Gasteiger partial charge in [0.25, 0.3) is 5.92 Å². The highest BCUT2D eigenvalue weighted by Crippen LogP contribution is 2.54. The molecule has 0 radical (unpaired) electrons. The summed E-state index contributed by atoms with van der Waals surface area (Å²) in [6.45, 7) is 4.54. The summed E-state index contributed by atoms with van der Waals surface area (Å²) in [5.74, 6) is -1.91. The Bertz CT molecular complexity index is 1230. The van der Waals surface area contributed by atoms with Crippen molar-refractivity contribution in [3.8, 4) is 16.9 Å². The number of alkyl halides is 2. The Labute approximate surface area is 203 Å². The number of aromatic nitrogens is 4. The molecule has 1 aliphatic carbocycles. The smallest absolute Gasteiger partial charge is 0.251 e. The normalized spacial score (nSPS) is 20.9. The molecule has 4 heterocycles. The molecule has 0 atom stereocenters. The van der Waals surface area contributed by atoms with Gasteiger partial charge in [0.15, 0.2) is 0 Å². The third-order valence-electron chi connectivity index (χ3n) is 7.89. The monoisotopic (exact) mass is 479 g/mol. The Kier molecular flexibility index (Phi) is 5.19. The number of benzene rings is 1. The van der Waals surface area contributed by atoms with Crippen LogP contribution in [-0.4, -0.2) is 52.1 Å². The molecule has 0 bridgehead atoms. The second kappa shape index (κ2) is 8.17. The fourth-order valence-corrected chi connectivity index (χ4v) is 5.41. The number of nitrogens with zero attached hydrogens (tertiary/aromatic N) is 6. The first-order valence-electron chi connectivity index (χ1n) is 12.5. The Morgan fingerprint density at radius 2 is 1.60 bits per heavy atom. The van der Waals surface area contributed by atoms with Crippen LogP contribution in [0.2, 0.25) is 0 Å². The maximum Gasteiger partial charge on any atom is 0.251 e. The lowest BCUT2D eigenvalue weighted by molar-refractivity contribution is -0.0221. The molecule has 3 fully saturated rings. The van der Waals surface area contributed by atoms with Gasteiger partial charge >= 0.3 is 0 Å². The number of aryl methyl sites for hydroxylation is 1. The average Bonchev–Trinajstić information content (AvgIpc) is 3.39. The Hall–Kier alpha value is -3.23. The van der Waals surface area contributed by atoms with Crippen molar-refractivity contribution in [3.05, 3.63) is 42.2 Å². The minimum Gasteiger partial charge on any atom is -0.399 e. The van der Waals surface area contributed by atoms with Gasteiger partial charge in [-0.2, -0.15) is 9.90 Å². The molecule has 1 spiro atoms. The van der Waals surface area contributed by atoms with Crippen molar-refractivity contribution in [2.45, 2.75) is 51.4 Å². The van der Waals surface area contributed by atoms with Gasteiger partial charge in [0.2, 0.25) is 0 Å². The maximum absolute atomic E-state index is 13.6. The number of nitrogens with two attached hydrogens (primary N) is 1. The lowest BCUT2D eigenvalue weighted by atomic mass is 9.93. The average molecular weight is 480 g/mol. The van der Waals surface area contributed by atoms with Crippen LogP contribution in [0.1, 0.15) is 44.2 Å². The summed E-state index contributed by atoms with van der Waals surface area (Å²) < 4.78 is 27.3. The Balaban J connectivity index is 1.28. The van der Waals surface area contributed by atoms with Crippen LogP contribution in [0.25, 0.3) is 16.9 Å². The van der Waals surface area contributed by atoms with E-state index < -0.39 is 5.92 Å².